The number of amides is 1. The molecule has 6 nitrogen and oxygen atoms in total. The second-order valence-electron chi connectivity index (χ2n) is 5.10. The number of carbonyl (C=O) groups is 1. The Morgan fingerprint density at radius 3 is 3.10 bits per heavy atom. The summed E-state index contributed by atoms with van der Waals surface area (Å²) in [5, 5.41) is 6.08. The number of carbonyl (C=O) groups excluding carboxylic acids is 1. The third-order valence-electron chi connectivity index (χ3n) is 3.61. The molecule has 1 aromatic carbocycles. The summed E-state index contributed by atoms with van der Waals surface area (Å²) >= 11 is 0. The summed E-state index contributed by atoms with van der Waals surface area (Å²) in [7, 11) is 0. The van der Waals surface area contributed by atoms with Gasteiger partial charge in [-0.1, -0.05) is 18.2 Å². The molecular weight excluding hydrogens is 268 g/mol. The van der Waals surface area contributed by atoms with Crippen molar-refractivity contribution in [1.82, 2.24) is 15.6 Å². The molecule has 0 radical (unpaired) electrons. The van der Waals surface area contributed by atoms with Gasteiger partial charge in [0.05, 0.1) is 6.04 Å². The van der Waals surface area contributed by atoms with Gasteiger partial charge in [-0.15, -0.1) is 0 Å². The van der Waals surface area contributed by atoms with Crippen LogP contribution in [0.2, 0.25) is 0 Å². The van der Waals surface area contributed by atoms with Gasteiger partial charge in [0.15, 0.2) is 5.69 Å². The van der Waals surface area contributed by atoms with Gasteiger partial charge >= 0.3 is 0 Å². The summed E-state index contributed by atoms with van der Waals surface area (Å²) < 4.78 is 5.39. The Bertz CT molecular complexity index is 632. The third-order valence-corrected chi connectivity index (χ3v) is 3.61. The predicted octanol–water partition coefficient (Wildman–Crippen LogP) is 1.61. The zero-order chi connectivity index (χ0) is 14.7. The maximum Gasteiger partial charge on any atom is 0.273 e. The second kappa shape index (κ2) is 5.97. The lowest BCUT2D eigenvalue weighted by Crippen LogP contribution is -2.24. The molecule has 1 fully saturated rings. The number of nitrogen functional groups attached to an aromatic ring is 1. The van der Waals surface area contributed by atoms with Gasteiger partial charge in [0.2, 0.25) is 5.89 Å². The topological polar surface area (TPSA) is 93.2 Å². The fourth-order valence-electron chi connectivity index (χ4n) is 2.41. The van der Waals surface area contributed by atoms with Crippen LogP contribution in [-0.2, 0) is 6.54 Å². The molecule has 4 N–H and O–H groups in total. The molecule has 1 amide bonds. The largest absolute Gasteiger partial charge is 0.446 e. The summed E-state index contributed by atoms with van der Waals surface area (Å²) in [6.45, 7) is 1.33. The van der Waals surface area contributed by atoms with Gasteiger partial charge < -0.3 is 20.8 Å². The van der Waals surface area contributed by atoms with Gasteiger partial charge in [-0.25, -0.2) is 4.98 Å². The smallest absolute Gasteiger partial charge is 0.273 e. The Labute approximate surface area is 122 Å². The lowest BCUT2D eigenvalue weighted by Gasteiger charge is -2.06. The summed E-state index contributed by atoms with van der Waals surface area (Å²) in [4.78, 5) is 16.3. The number of nitrogens with one attached hydrogen (secondary N) is 2. The quantitative estimate of drug-likeness (QED) is 0.742. The summed E-state index contributed by atoms with van der Waals surface area (Å²) in [5.41, 5.74) is 7.68. The molecule has 0 aliphatic carbocycles. The molecule has 2 heterocycles. The van der Waals surface area contributed by atoms with E-state index in [1.807, 2.05) is 24.3 Å². The molecule has 21 heavy (non-hydrogen) atoms. The summed E-state index contributed by atoms with van der Waals surface area (Å²) in [6.07, 6.45) is 3.49. The molecule has 1 aliphatic rings. The highest BCUT2D eigenvalue weighted by Crippen LogP contribution is 2.22. The number of rotatable bonds is 4. The first-order valence-corrected chi connectivity index (χ1v) is 7.04. The van der Waals surface area contributed by atoms with E-state index >= 15 is 0 Å². The lowest BCUT2D eigenvalue weighted by atomic mass is 10.2. The third kappa shape index (κ3) is 3.05. The van der Waals surface area contributed by atoms with Crippen LogP contribution in [0, 0.1) is 0 Å². The first-order valence-electron chi connectivity index (χ1n) is 7.04. The number of aromatic nitrogens is 1. The maximum absolute atomic E-state index is 12.1. The number of para-hydroxylation sites is 1. The highest BCUT2D eigenvalue weighted by molar-refractivity contribution is 5.91. The monoisotopic (exact) mass is 286 g/mol. The van der Waals surface area contributed by atoms with Crippen molar-refractivity contribution in [2.24, 2.45) is 0 Å². The number of nitrogens with two attached hydrogens (primary N) is 1. The van der Waals surface area contributed by atoms with Gasteiger partial charge in [0, 0.05) is 12.2 Å². The minimum atomic E-state index is -0.258. The lowest BCUT2D eigenvalue weighted by molar-refractivity contribution is 0.0946. The van der Waals surface area contributed by atoms with Gasteiger partial charge in [-0.05, 0) is 31.0 Å². The van der Waals surface area contributed by atoms with Crippen LogP contribution in [0.5, 0.6) is 0 Å². The van der Waals surface area contributed by atoms with Crippen molar-refractivity contribution in [3.8, 4) is 0 Å². The van der Waals surface area contributed by atoms with Crippen LogP contribution in [0.25, 0.3) is 0 Å². The first-order chi connectivity index (χ1) is 10.2. The Hall–Kier alpha value is -2.34. The van der Waals surface area contributed by atoms with Crippen LogP contribution in [0.15, 0.2) is 34.9 Å². The second-order valence-corrected chi connectivity index (χ2v) is 5.10. The van der Waals surface area contributed by atoms with Crippen LogP contribution in [-0.4, -0.2) is 17.4 Å². The fourth-order valence-corrected chi connectivity index (χ4v) is 2.41. The first kappa shape index (κ1) is 13.6. The maximum atomic E-state index is 12.1. The number of benzene rings is 1. The van der Waals surface area contributed by atoms with E-state index in [1.165, 1.54) is 6.26 Å². The van der Waals surface area contributed by atoms with Crippen molar-refractivity contribution in [3.63, 3.8) is 0 Å². The molecule has 1 atom stereocenters. The predicted molar refractivity (Wildman–Crippen MR) is 78.5 cm³/mol. The normalized spacial score (nSPS) is 17.8. The molecule has 1 unspecified atom stereocenters. The van der Waals surface area contributed by atoms with E-state index in [0.717, 1.165) is 24.9 Å². The van der Waals surface area contributed by atoms with Crippen LogP contribution < -0.4 is 16.4 Å². The van der Waals surface area contributed by atoms with E-state index in [2.05, 4.69) is 15.6 Å². The molecular formula is C15H18N4O2. The average molecular weight is 286 g/mol. The number of nitrogens with zero attached hydrogens (tertiary/aromatic N) is 1. The Balaban J connectivity index is 1.62. The van der Waals surface area contributed by atoms with Crippen molar-refractivity contribution >= 4 is 11.6 Å². The molecule has 6 heteroatoms. The highest BCUT2D eigenvalue weighted by Gasteiger charge is 2.22. The molecule has 1 aromatic heterocycles. The Kier molecular flexibility index (Phi) is 3.87. The molecule has 1 saturated heterocycles. The molecule has 110 valence electrons. The number of oxazole rings is 1. The number of anilines is 1. The van der Waals surface area contributed by atoms with Crippen molar-refractivity contribution < 1.29 is 9.21 Å². The van der Waals surface area contributed by atoms with E-state index in [4.69, 9.17) is 10.2 Å². The van der Waals surface area contributed by atoms with Crippen LogP contribution >= 0.6 is 0 Å². The average Bonchev–Trinajstić information content (AvgIpc) is 3.16. The minimum Gasteiger partial charge on any atom is -0.446 e. The molecule has 0 bridgehead atoms. The zero-order valence-electron chi connectivity index (χ0n) is 11.6. The number of hydrogen-bond donors (Lipinski definition) is 3. The van der Waals surface area contributed by atoms with Crippen molar-refractivity contribution in [3.05, 3.63) is 47.7 Å². The standard InChI is InChI=1S/C15H18N4O2/c16-11-5-2-1-4-10(11)8-18-14(20)13-9-21-15(19-13)12-6-3-7-17-12/h1-2,4-5,9,12,17H,3,6-8,16H2,(H,18,20). The zero-order valence-corrected chi connectivity index (χ0v) is 11.6. The molecule has 1 aliphatic heterocycles. The van der Waals surface area contributed by atoms with Gasteiger partial charge in [-0.2, -0.15) is 0 Å². The van der Waals surface area contributed by atoms with Crippen LogP contribution in [0.3, 0.4) is 0 Å². The molecule has 2 aromatic rings. The Morgan fingerprint density at radius 2 is 2.33 bits per heavy atom. The molecule has 0 saturated carbocycles. The van der Waals surface area contributed by atoms with Crippen molar-refractivity contribution in [2.75, 3.05) is 12.3 Å². The summed E-state index contributed by atoms with van der Waals surface area (Å²) in [6, 6.07) is 7.56. The van der Waals surface area contributed by atoms with Crippen LogP contribution in [0.1, 0.15) is 40.8 Å². The van der Waals surface area contributed by atoms with Crippen molar-refractivity contribution in [2.45, 2.75) is 25.4 Å². The molecule has 3 rings (SSSR count). The van der Waals surface area contributed by atoms with E-state index in [1.54, 1.807) is 0 Å². The van der Waals surface area contributed by atoms with Crippen molar-refractivity contribution in [1.29, 1.82) is 0 Å². The molecule has 0 spiro atoms. The summed E-state index contributed by atoms with van der Waals surface area (Å²) in [5.74, 6) is 0.322. The van der Waals surface area contributed by atoms with Crippen LogP contribution in [0.4, 0.5) is 5.69 Å². The van der Waals surface area contributed by atoms with Gasteiger partial charge in [0.25, 0.3) is 5.91 Å². The highest BCUT2D eigenvalue weighted by atomic mass is 16.3. The van der Waals surface area contributed by atoms with Gasteiger partial charge in [0.1, 0.15) is 6.26 Å². The van der Waals surface area contributed by atoms with E-state index in [-0.39, 0.29) is 11.9 Å². The number of hydrogen-bond acceptors (Lipinski definition) is 5. The SMILES string of the molecule is Nc1ccccc1CNC(=O)c1coc(C2CCCN2)n1. The van der Waals surface area contributed by atoms with E-state index < -0.39 is 0 Å². The fraction of sp³-hybridized carbons (Fsp3) is 0.333. The van der Waals surface area contributed by atoms with E-state index in [9.17, 15) is 4.79 Å². The Morgan fingerprint density at radius 1 is 1.48 bits per heavy atom. The van der Waals surface area contributed by atoms with Gasteiger partial charge in [-0.3, -0.25) is 4.79 Å². The van der Waals surface area contributed by atoms with E-state index in [0.29, 0.717) is 23.8 Å². The minimum absolute atomic E-state index is 0.122.